The normalized spacial score (nSPS) is 12.2. The zero-order chi connectivity index (χ0) is 14.7. The summed E-state index contributed by atoms with van der Waals surface area (Å²) in [5.41, 5.74) is 2.29. The van der Waals surface area contributed by atoms with E-state index in [1.54, 1.807) is 35.2 Å². The summed E-state index contributed by atoms with van der Waals surface area (Å²) in [5.74, 6) is -0.186. The van der Waals surface area contributed by atoms with Crippen molar-refractivity contribution in [2.75, 3.05) is 0 Å². The number of rotatable bonds is 5. The van der Waals surface area contributed by atoms with E-state index in [0.29, 0.717) is 11.3 Å². The van der Waals surface area contributed by atoms with E-state index in [4.69, 9.17) is 0 Å². The van der Waals surface area contributed by atoms with Gasteiger partial charge in [0, 0.05) is 24.8 Å². The summed E-state index contributed by atoms with van der Waals surface area (Å²) >= 11 is 1.65. The number of nitrogens with zero attached hydrogens (tertiary/aromatic N) is 1. The number of ketones is 1. The summed E-state index contributed by atoms with van der Waals surface area (Å²) < 4.78 is 1.68. The zero-order valence-electron chi connectivity index (χ0n) is 11.8. The van der Waals surface area contributed by atoms with Crippen molar-refractivity contribution in [3.8, 4) is 0 Å². The highest BCUT2D eigenvalue weighted by atomic mass is 32.1. The van der Waals surface area contributed by atoms with Gasteiger partial charge in [-0.1, -0.05) is 0 Å². The molecule has 0 fully saturated rings. The van der Waals surface area contributed by atoms with Crippen molar-refractivity contribution in [1.29, 1.82) is 0 Å². The minimum atomic E-state index is -0.150. The number of nitrogens with one attached hydrogen (secondary N) is 1. The van der Waals surface area contributed by atoms with E-state index in [2.05, 4.69) is 16.8 Å². The molecule has 0 spiro atoms. The lowest BCUT2D eigenvalue weighted by Gasteiger charge is -2.13. The lowest BCUT2D eigenvalue weighted by Crippen LogP contribution is -2.34. The first kappa shape index (κ1) is 14.5. The summed E-state index contributed by atoms with van der Waals surface area (Å²) in [4.78, 5) is 23.5. The minimum absolute atomic E-state index is 0.0361. The van der Waals surface area contributed by atoms with E-state index in [-0.39, 0.29) is 17.7 Å². The molecule has 2 aromatic rings. The third kappa shape index (κ3) is 3.36. The van der Waals surface area contributed by atoms with Crippen molar-refractivity contribution in [1.82, 2.24) is 9.88 Å². The van der Waals surface area contributed by atoms with Crippen LogP contribution in [0.1, 0.15) is 40.3 Å². The van der Waals surface area contributed by atoms with E-state index in [1.165, 1.54) is 12.5 Å². The van der Waals surface area contributed by atoms with E-state index in [0.717, 1.165) is 6.42 Å². The molecule has 0 unspecified atom stereocenters. The van der Waals surface area contributed by atoms with Crippen LogP contribution in [-0.4, -0.2) is 22.3 Å². The molecule has 4 nitrogen and oxygen atoms in total. The predicted molar refractivity (Wildman–Crippen MR) is 80.4 cm³/mol. The first-order valence-corrected chi connectivity index (χ1v) is 7.41. The Morgan fingerprint density at radius 2 is 2.20 bits per heavy atom. The molecule has 0 aliphatic rings. The third-order valence-electron chi connectivity index (χ3n) is 3.14. The summed E-state index contributed by atoms with van der Waals surface area (Å²) in [6.07, 6.45) is 2.49. The summed E-state index contributed by atoms with van der Waals surface area (Å²) in [7, 11) is 1.77. The van der Waals surface area contributed by atoms with E-state index >= 15 is 0 Å². The second kappa shape index (κ2) is 6.05. The fraction of sp³-hybridized carbons (Fsp3) is 0.333. The van der Waals surface area contributed by atoms with Crippen molar-refractivity contribution in [2.45, 2.75) is 26.3 Å². The number of amides is 1. The van der Waals surface area contributed by atoms with Crippen LogP contribution in [-0.2, 0) is 13.5 Å². The maximum absolute atomic E-state index is 12.2. The molecule has 0 saturated carbocycles. The number of thiophene rings is 1. The number of aryl methyl sites for hydroxylation is 1. The Bertz CT molecular complexity index is 614. The van der Waals surface area contributed by atoms with Gasteiger partial charge in [-0.2, -0.15) is 11.3 Å². The van der Waals surface area contributed by atoms with Gasteiger partial charge in [-0.3, -0.25) is 9.59 Å². The molecule has 5 heteroatoms. The Morgan fingerprint density at radius 1 is 1.45 bits per heavy atom. The van der Waals surface area contributed by atoms with E-state index in [9.17, 15) is 9.59 Å². The van der Waals surface area contributed by atoms with Gasteiger partial charge in [0.1, 0.15) is 5.69 Å². The highest BCUT2D eigenvalue weighted by molar-refractivity contribution is 7.07. The molecular formula is C15H18N2O2S. The van der Waals surface area contributed by atoms with Crippen LogP contribution in [0.4, 0.5) is 0 Å². The standard InChI is InChI=1S/C15H18N2O2S/c1-10(6-12-4-5-20-9-12)16-15(19)14-7-13(11(2)18)8-17(14)3/h4-5,7-10H,6H2,1-3H3,(H,16,19)/t10-/m1/s1. The van der Waals surface area contributed by atoms with Gasteiger partial charge in [-0.05, 0) is 48.7 Å². The highest BCUT2D eigenvalue weighted by Gasteiger charge is 2.15. The zero-order valence-corrected chi connectivity index (χ0v) is 12.7. The second-order valence-electron chi connectivity index (χ2n) is 4.99. The van der Waals surface area contributed by atoms with Crippen LogP contribution in [0.15, 0.2) is 29.1 Å². The van der Waals surface area contributed by atoms with Crippen LogP contribution in [0.5, 0.6) is 0 Å². The average molecular weight is 290 g/mol. The molecule has 20 heavy (non-hydrogen) atoms. The van der Waals surface area contributed by atoms with Gasteiger partial charge in [0.2, 0.25) is 0 Å². The van der Waals surface area contributed by atoms with Gasteiger partial charge in [-0.25, -0.2) is 0 Å². The first-order valence-electron chi connectivity index (χ1n) is 6.46. The van der Waals surface area contributed by atoms with Crippen LogP contribution in [0.3, 0.4) is 0 Å². The van der Waals surface area contributed by atoms with Gasteiger partial charge in [0.15, 0.2) is 5.78 Å². The van der Waals surface area contributed by atoms with Crippen molar-refractivity contribution in [3.63, 3.8) is 0 Å². The summed E-state index contributed by atoms with van der Waals surface area (Å²) in [6, 6.07) is 3.74. The fourth-order valence-corrected chi connectivity index (χ4v) is 2.78. The summed E-state index contributed by atoms with van der Waals surface area (Å²) in [5, 5.41) is 7.07. The number of carbonyl (C=O) groups excluding carboxylic acids is 2. The monoisotopic (exact) mass is 290 g/mol. The van der Waals surface area contributed by atoms with Gasteiger partial charge >= 0.3 is 0 Å². The molecule has 2 heterocycles. The Hall–Kier alpha value is -1.88. The lowest BCUT2D eigenvalue weighted by atomic mass is 10.1. The maximum atomic E-state index is 12.2. The van der Waals surface area contributed by atoms with Gasteiger partial charge in [0.05, 0.1) is 0 Å². The number of carbonyl (C=O) groups is 2. The number of hydrogen-bond donors (Lipinski definition) is 1. The maximum Gasteiger partial charge on any atom is 0.268 e. The van der Waals surface area contributed by atoms with Crippen molar-refractivity contribution >= 4 is 23.0 Å². The number of aromatic nitrogens is 1. The van der Waals surface area contributed by atoms with Crippen molar-refractivity contribution in [2.24, 2.45) is 7.05 Å². The number of Topliss-reactive ketones (excluding diaryl/α,β-unsaturated/α-hetero) is 1. The Labute approximate surface area is 122 Å². The molecular weight excluding hydrogens is 272 g/mol. The molecule has 0 aliphatic carbocycles. The van der Waals surface area contributed by atoms with Gasteiger partial charge in [-0.15, -0.1) is 0 Å². The smallest absolute Gasteiger partial charge is 0.268 e. The second-order valence-corrected chi connectivity index (χ2v) is 5.77. The lowest BCUT2D eigenvalue weighted by molar-refractivity contribution is 0.0931. The molecule has 2 rings (SSSR count). The first-order chi connectivity index (χ1) is 9.47. The molecule has 0 bridgehead atoms. The van der Waals surface area contributed by atoms with Crippen LogP contribution in [0.2, 0.25) is 0 Å². The molecule has 1 amide bonds. The summed E-state index contributed by atoms with van der Waals surface area (Å²) in [6.45, 7) is 3.47. The molecule has 1 N–H and O–H groups in total. The van der Waals surface area contributed by atoms with Crippen LogP contribution >= 0.6 is 11.3 Å². The largest absolute Gasteiger partial charge is 0.348 e. The molecule has 1 atom stereocenters. The third-order valence-corrected chi connectivity index (χ3v) is 3.88. The van der Waals surface area contributed by atoms with Crippen molar-refractivity contribution in [3.05, 3.63) is 45.9 Å². The topological polar surface area (TPSA) is 51.1 Å². The molecule has 0 saturated heterocycles. The van der Waals surface area contributed by atoms with Gasteiger partial charge in [0.25, 0.3) is 5.91 Å². The molecule has 0 radical (unpaired) electrons. The Balaban J connectivity index is 2.02. The van der Waals surface area contributed by atoms with Crippen molar-refractivity contribution < 1.29 is 9.59 Å². The molecule has 106 valence electrons. The Morgan fingerprint density at radius 3 is 2.75 bits per heavy atom. The minimum Gasteiger partial charge on any atom is -0.348 e. The van der Waals surface area contributed by atoms with E-state index in [1.807, 2.05) is 12.3 Å². The van der Waals surface area contributed by atoms with Gasteiger partial charge < -0.3 is 9.88 Å². The highest BCUT2D eigenvalue weighted by Crippen LogP contribution is 2.11. The quantitative estimate of drug-likeness (QED) is 0.861. The average Bonchev–Trinajstić information content (AvgIpc) is 2.98. The molecule has 2 aromatic heterocycles. The Kier molecular flexibility index (Phi) is 4.39. The number of hydrogen-bond acceptors (Lipinski definition) is 3. The fourth-order valence-electron chi connectivity index (χ4n) is 2.09. The van der Waals surface area contributed by atoms with Crippen LogP contribution < -0.4 is 5.32 Å². The predicted octanol–water partition coefficient (Wildman–Crippen LogP) is 2.65. The molecule has 0 aliphatic heterocycles. The van der Waals surface area contributed by atoms with Crippen LogP contribution in [0, 0.1) is 0 Å². The SMILES string of the molecule is CC(=O)c1cc(C(=O)N[C@H](C)Cc2ccsc2)n(C)c1. The van der Waals surface area contributed by atoms with Crippen LogP contribution in [0.25, 0.3) is 0 Å². The van der Waals surface area contributed by atoms with E-state index < -0.39 is 0 Å². The molecule has 0 aromatic carbocycles.